The highest BCUT2D eigenvalue weighted by molar-refractivity contribution is 5.74. The fourth-order valence-corrected chi connectivity index (χ4v) is 1.85. The molecule has 2 heterocycles. The second-order valence-electron chi connectivity index (χ2n) is 3.58. The Labute approximate surface area is 83.7 Å². The lowest BCUT2D eigenvalue weighted by Crippen LogP contribution is -2.17. The first kappa shape index (κ1) is 6.87. The molecule has 1 aromatic heterocycles. The number of anilines is 1. The summed E-state index contributed by atoms with van der Waals surface area (Å²) in [4.78, 5) is 6.57. The maximum Gasteiger partial charge on any atom is 0.298 e. The topological polar surface area (TPSA) is 29.3 Å². The van der Waals surface area contributed by atoms with Crippen LogP contribution in [-0.2, 0) is 0 Å². The molecule has 0 atom stereocenters. The summed E-state index contributed by atoms with van der Waals surface area (Å²) in [7, 11) is 0. The molecule has 1 fully saturated rings. The van der Waals surface area contributed by atoms with Crippen LogP contribution in [0, 0.1) is 0 Å². The Bertz CT molecular complexity index is 488. The molecule has 2 aromatic rings. The zero-order valence-electron chi connectivity index (χ0n) is 8.86. The molecule has 1 saturated heterocycles. The van der Waals surface area contributed by atoms with Gasteiger partial charge in [-0.25, -0.2) is 0 Å². The Morgan fingerprint density at radius 2 is 2.21 bits per heavy atom. The number of hydrogen-bond donors (Lipinski definition) is 0. The molecule has 3 nitrogen and oxygen atoms in total. The maximum atomic E-state index is 7.49. The molecule has 0 bridgehead atoms. The molecular weight excluding hydrogens is 176 g/mol. The van der Waals surface area contributed by atoms with Crippen molar-refractivity contribution in [1.29, 1.82) is 0 Å². The largest absolute Gasteiger partial charge is 0.423 e. The number of benzene rings is 1. The summed E-state index contributed by atoms with van der Waals surface area (Å²) < 4.78 is 13.1. The van der Waals surface area contributed by atoms with Crippen LogP contribution in [-0.4, -0.2) is 18.1 Å². The predicted octanol–water partition coefficient (Wildman–Crippen LogP) is 2.43. The lowest BCUT2D eigenvalue weighted by atomic mass is 10.3. The van der Waals surface area contributed by atoms with Gasteiger partial charge >= 0.3 is 0 Å². The van der Waals surface area contributed by atoms with E-state index in [1.807, 2.05) is 6.07 Å². The molecule has 0 N–H and O–H groups in total. The summed E-state index contributed by atoms with van der Waals surface area (Å²) in [5.41, 5.74) is 1.55. The lowest BCUT2D eigenvalue weighted by molar-refractivity contribution is 0.585. The van der Waals surface area contributed by atoms with Gasteiger partial charge in [0.05, 0.1) is 1.37 Å². The van der Waals surface area contributed by atoms with Crippen LogP contribution in [0.1, 0.15) is 14.2 Å². The second kappa shape index (κ2) is 3.01. The van der Waals surface area contributed by atoms with Gasteiger partial charge in [-0.2, -0.15) is 4.98 Å². The minimum Gasteiger partial charge on any atom is -0.423 e. The number of rotatable bonds is 1. The van der Waals surface area contributed by atoms with E-state index < -0.39 is 0 Å². The number of hydrogen-bond acceptors (Lipinski definition) is 3. The maximum absolute atomic E-state index is 7.49. The first-order valence-corrected chi connectivity index (χ1v) is 4.95. The third-order valence-electron chi connectivity index (χ3n) is 2.60. The summed E-state index contributed by atoms with van der Waals surface area (Å²) >= 11 is 0. The Hall–Kier alpha value is -1.51. The molecule has 0 radical (unpaired) electrons. The van der Waals surface area contributed by atoms with Crippen LogP contribution in [0.4, 0.5) is 6.01 Å². The van der Waals surface area contributed by atoms with Gasteiger partial charge < -0.3 is 9.32 Å². The Balaban J connectivity index is 2.05. The molecule has 0 spiro atoms. The van der Waals surface area contributed by atoms with Gasteiger partial charge in [0.1, 0.15) is 5.52 Å². The van der Waals surface area contributed by atoms with Gasteiger partial charge in [0.15, 0.2) is 5.58 Å². The van der Waals surface area contributed by atoms with Crippen LogP contribution in [0.15, 0.2) is 28.7 Å². The number of aromatic nitrogens is 1. The average molecular weight is 189 g/mol. The van der Waals surface area contributed by atoms with E-state index in [0.29, 0.717) is 17.6 Å². The SMILES string of the molecule is [2H]c1ccc2nc(N3CCCC3)oc2c1. The molecule has 1 aliphatic rings. The molecule has 0 saturated carbocycles. The van der Waals surface area contributed by atoms with Crippen molar-refractivity contribution in [3.8, 4) is 0 Å². The predicted molar refractivity (Wildman–Crippen MR) is 55.5 cm³/mol. The number of fused-ring (bicyclic) bond motifs is 1. The van der Waals surface area contributed by atoms with Gasteiger partial charge in [0.2, 0.25) is 0 Å². The Kier molecular flexibility index (Phi) is 1.48. The normalized spacial score (nSPS) is 17.7. The Morgan fingerprint density at radius 3 is 3.07 bits per heavy atom. The minimum absolute atomic E-state index is 0.464. The van der Waals surface area contributed by atoms with Gasteiger partial charge in [-0.15, -0.1) is 0 Å². The molecule has 1 aromatic carbocycles. The number of oxazole rings is 1. The summed E-state index contributed by atoms with van der Waals surface area (Å²) in [5.74, 6) is 0. The molecule has 3 rings (SSSR count). The van der Waals surface area contributed by atoms with E-state index in [4.69, 9.17) is 5.79 Å². The molecule has 14 heavy (non-hydrogen) atoms. The highest BCUT2D eigenvalue weighted by Gasteiger charge is 2.17. The van der Waals surface area contributed by atoms with Crippen molar-refractivity contribution >= 4 is 17.1 Å². The highest BCUT2D eigenvalue weighted by Crippen LogP contribution is 2.24. The molecule has 72 valence electrons. The van der Waals surface area contributed by atoms with E-state index in [1.165, 1.54) is 12.8 Å². The monoisotopic (exact) mass is 189 g/mol. The Morgan fingerprint density at radius 1 is 1.36 bits per heavy atom. The summed E-state index contributed by atoms with van der Waals surface area (Å²) in [6.07, 6.45) is 2.42. The van der Waals surface area contributed by atoms with E-state index in [2.05, 4.69) is 9.88 Å². The third-order valence-corrected chi connectivity index (χ3v) is 2.60. The van der Waals surface area contributed by atoms with Crippen molar-refractivity contribution in [2.24, 2.45) is 0 Å². The van der Waals surface area contributed by atoms with Gasteiger partial charge in [0, 0.05) is 13.1 Å². The lowest BCUT2D eigenvalue weighted by Gasteiger charge is -2.10. The second-order valence-corrected chi connectivity index (χ2v) is 3.58. The van der Waals surface area contributed by atoms with Crippen molar-refractivity contribution in [2.75, 3.05) is 18.0 Å². The van der Waals surface area contributed by atoms with E-state index in [1.54, 1.807) is 12.1 Å². The zero-order valence-corrected chi connectivity index (χ0v) is 7.86. The summed E-state index contributed by atoms with van der Waals surface area (Å²) in [6, 6.07) is 6.45. The molecule has 1 aliphatic heterocycles. The van der Waals surface area contributed by atoms with Crippen LogP contribution in [0.2, 0.25) is 0 Å². The van der Waals surface area contributed by atoms with Crippen LogP contribution in [0.25, 0.3) is 11.1 Å². The van der Waals surface area contributed by atoms with Crippen molar-refractivity contribution in [3.05, 3.63) is 24.2 Å². The summed E-state index contributed by atoms with van der Waals surface area (Å²) in [6.45, 7) is 2.06. The molecular formula is C11H12N2O. The highest BCUT2D eigenvalue weighted by atomic mass is 16.4. The zero-order chi connectivity index (χ0) is 10.3. The average Bonchev–Trinajstić information content (AvgIpc) is 2.84. The molecule has 3 heteroatoms. The van der Waals surface area contributed by atoms with Crippen LogP contribution in [0.3, 0.4) is 0 Å². The van der Waals surface area contributed by atoms with Gasteiger partial charge in [-0.3, -0.25) is 0 Å². The van der Waals surface area contributed by atoms with E-state index >= 15 is 0 Å². The third kappa shape index (κ3) is 1.16. The first-order valence-electron chi connectivity index (χ1n) is 5.45. The van der Waals surface area contributed by atoms with Crippen LogP contribution >= 0.6 is 0 Å². The summed E-state index contributed by atoms with van der Waals surface area (Å²) in [5, 5.41) is 0. The van der Waals surface area contributed by atoms with Gasteiger partial charge in [0.25, 0.3) is 6.01 Å². The minimum atomic E-state index is 0.464. The smallest absolute Gasteiger partial charge is 0.298 e. The molecule has 0 unspecified atom stereocenters. The molecule has 0 aliphatic carbocycles. The van der Waals surface area contributed by atoms with Gasteiger partial charge in [-0.05, 0) is 25.0 Å². The molecule has 0 amide bonds. The van der Waals surface area contributed by atoms with Crippen molar-refractivity contribution in [2.45, 2.75) is 12.8 Å². The quantitative estimate of drug-likeness (QED) is 0.690. The van der Waals surface area contributed by atoms with E-state index in [0.717, 1.165) is 18.6 Å². The van der Waals surface area contributed by atoms with Crippen LogP contribution in [0.5, 0.6) is 0 Å². The first-order chi connectivity index (χ1) is 7.33. The van der Waals surface area contributed by atoms with Gasteiger partial charge in [-0.1, -0.05) is 12.1 Å². The fourth-order valence-electron chi connectivity index (χ4n) is 1.85. The van der Waals surface area contributed by atoms with E-state index in [-0.39, 0.29) is 0 Å². The standard InChI is InChI=1S/C11H12N2O/c1-2-6-10-9(5-1)12-11(14-10)13-7-3-4-8-13/h1-2,5-6H,3-4,7-8H2/i2D. The van der Waals surface area contributed by atoms with E-state index in [9.17, 15) is 0 Å². The van der Waals surface area contributed by atoms with Crippen molar-refractivity contribution in [1.82, 2.24) is 4.98 Å². The fraction of sp³-hybridized carbons (Fsp3) is 0.364. The number of para-hydroxylation sites is 2. The number of nitrogens with zero attached hydrogens (tertiary/aromatic N) is 2. The van der Waals surface area contributed by atoms with Crippen molar-refractivity contribution < 1.29 is 5.79 Å². The van der Waals surface area contributed by atoms with Crippen LogP contribution < -0.4 is 4.90 Å². The van der Waals surface area contributed by atoms with Crippen molar-refractivity contribution in [3.63, 3.8) is 0 Å².